The van der Waals surface area contributed by atoms with Gasteiger partial charge in [-0.3, -0.25) is 9.59 Å². The van der Waals surface area contributed by atoms with E-state index < -0.39 is 6.10 Å². The minimum absolute atomic E-state index is 0.103. The van der Waals surface area contributed by atoms with Crippen molar-refractivity contribution in [2.24, 2.45) is 11.8 Å². The van der Waals surface area contributed by atoms with Crippen molar-refractivity contribution < 1.29 is 14.3 Å². The van der Waals surface area contributed by atoms with Gasteiger partial charge in [-0.1, -0.05) is 38.5 Å². The Bertz CT molecular complexity index is 456. The van der Waals surface area contributed by atoms with Gasteiger partial charge in [-0.05, 0) is 50.9 Å². The number of amides is 1. The standard InChI is InChI=1S/C21H36N2O3/c24-20-19(13-7-8-14-22-20)26-21(25)18(16-9-3-1-4-10-16)15-23-17-11-5-2-6-12-17/h16-19,23H,1-15H2,(H,22,24). The molecule has 0 aromatic heterocycles. The lowest BCUT2D eigenvalue weighted by Crippen LogP contribution is -2.43. The molecule has 0 aromatic rings. The SMILES string of the molecule is O=C1NCCCCC1OC(=O)C(CNC1CCCCC1)C1CCCCC1. The lowest BCUT2D eigenvalue weighted by atomic mass is 9.79. The van der Waals surface area contributed by atoms with Gasteiger partial charge in [0.15, 0.2) is 6.10 Å². The lowest BCUT2D eigenvalue weighted by Gasteiger charge is -2.32. The Balaban J connectivity index is 1.58. The molecule has 26 heavy (non-hydrogen) atoms. The van der Waals surface area contributed by atoms with Gasteiger partial charge in [-0.2, -0.15) is 0 Å². The van der Waals surface area contributed by atoms with Crippen LogP contribution < -0.4 is 10.6 Å². The van der Waals surface area contributed by atoms with E-state index in [1.165, 1.54) is 51.4 Å². The lowest BCUT2D eigenvalue weighted by molar-refractivity contribution is -0.162. The molecule has 2 aliphatic carbocycles. The molecule has 3 rings (SSSR count). The number of nitrogens with one attached hydrogen (secondary N) is 2. The van der Waals surface area contributed by atoms with Gasteiger partial charge in [-0.15, -0.1) is 0 Å². The maximum atomic E-state index is 13.0. The normalized spacial score (nSPS) is 27.4. The average Bonchev–Trinajstić information content (AvgIpc) is 2.88. The summed E-state index contributed by atoms with van der Waals surface area (Å²) in [5.74, 6) is 0.0372. The Hall–Kier alpha value is -1.10. The largest absolute Gasteiger partial charge is 0.452 e. The summed E-state index contributed by atoms with van der Waals surface area (Å²) < 4.78 is 5.75. The van der Waals surface area contributed by atoms with Gasteiger partial charge in [0.25, 0.3) is 5.91 Å². The molecular weight excluding hydrogens is 328 g/mol. The molecule has 2 atom stereocenters. The fourth-order valence-electron chi connectivity index (χ4n) is 4.83. The van der Waals surface area contributed by atoms with E-state index in [2.05, 4.69) is 10.6 Å². The third-order valence-corrected chi connectivity index (χ3v) is 6.50. The van der Waals surface area contributed by atoms with E-state index in [0.717, 1.165) is 25.7 Å². The highest BCUT2D eigenvalue weighted by molar-refractivity contribution is 5.84. The Morgan fingerprint density at radius 1 is 0.962 bits per heavy atom. The first-order valence-corrected chi connectivity index (χ1v) is 11.0. The third-order valence-electron chi connectivity index (χ3n) is 6.50. The molecule has 1 heterocycles. The molecule has 1 saturated heterocycles. The molecule has 3 aliphatic rings. The molecule has 2 saturated carbocycles. The van der Waals surface area contributed by atoms with E-state index in [9.17, 15) is 9.59 Å². The first-order valence-electron chi connectivity index (χ1n) is 11.0. The molecule has 0 bridgehead atoms. The summed E-state index contributed by atoms with van der Waals surface area (Å²) in [5, 5.41) is 6.53. The van der Waals surface area contributed by atoms with Crippen molar-refractivity contribution in [3.63, 3.8) is 0 Å². The highest BCUT2D eigenvalue weighted by Crippen LogP contribution is 2.31. The Morgan fingerprint density at radius 3 is 2.35 bits per heavy atom. The second kappa shape index (κ2) is 10.3. The Labute approximate surface area is 158 Å². The molecule has 148 valence electrons. The quantitative estimate of drug-likeness (QED) is 0.710. The number of hydrogen-bond donors (Lipinski definition) is 2. The minimum Gasteiger partial charge on any atom is -0.452 e. The van der Waals surface area contributed by atoms with E-state index in [1.54, 1.807) is 0 Å². The summed E-state index contributed by atoms with van der Waals surface area (Å²) in [6.07, 6.45) is 14.3. The zero-order chi connectivity index (χ0) is 18.2. The smallest absolute Gasteiger partial charge is 0.311 e. The maximum absolute atomic E-state index is 13.0. The Morgan fingerprint density at radius 2 is 1.62 bits per heavy atom. The summed E-state index contributed by atoms with van der Waals surface area (Å²) >= 11 is 0. The highest BCUT2D eigenvalue weighted by atomic mass is 16.5. The number of carbonyl (C=O) groups is 2. The van der Waals surface area contributed by atoms with Crippen molar-refractivity contribution >= 4 is 11.9 Å². The van der Waals surface area contributed by atoms with E-state index >= 15 is 0 Å². The summed E-state index contributed by atoms with van der Waals surface area (Å²) in [6.45, 7) is 1.41. The molecule has 3 fully saturated rings. The van der Waals surface area contributed by atoms with E-state index in [1.807, 2.05) is 0 Å². The predicted octanol–water partition coefficient (Wildman–Crippen LogP) is 3.32. The highest BCUT2D eigenvalue weighted by Gasteiger charge is 2.34. The molecule has 1 amide bonds. The van der Waals surface area contributed by atoms with Gasteiger partial charge in [0.2, 0.25) is 0 Å². The fraction of sp³-hybridized carbons (Fsp3) is 0.905. The van der Waals surface area contributed by atoms with E-state index in [0.29, 0.717) is 31.5 Å². The molecule has 5 nitrogen and oxygen atoms in total. The average molecular weight is 365 g/mol. The summed E-state index contributed by atoms with van der Waals surface area (Å²) in [7, 11) is 0. The van der Waals surface area contributed by atoms with Crippen LogP contribution in [0.5, 0.6) is 0 Å². The molecule has 2 N–H and O–H groups in total. The zero-order valence-electron chi connectivity index (χ0n) is 16.1. The molecule has 0 aromatic carbocycles. The van der Waals surface area contributed by atoms with Gasteiger partial charge in [0.05, 0.1) is 5.92 Å². The maximum Gasteiger partial charge on any atom is 0.311 e. The van der Waals surface area contributed by atoms with Crippen LogP contribution in [0.3, 0.4) is 0 Å². The van der Waals surface area contributed by atoms with Crippen molar-refractivity contribution in [1.29, 1.82) is 0 Å². The summed E-state index contributed by atoms with van der Waals surface area (Å²) in [6, 6.07) is 0.545. The molecule has 0 spiro atoms. The molecule has 1 aliphatic heterocycles. The van der Waals surface area contributed by atoms with Crippen LogP contribution in [0.25, 0.3) is 0 Å². The summed E-state index contributed by atoms with van der Waals surface area (Å²) in [4.78, 5) is 25.1. The van der Waals surface area contributed by atoms with Gasteiger partial charge >= 0.3 is 5.97 Å². The van der Waals surface area contributed by atoms with Gasteiger partial charge in [0, 0.05) is 19.1 Å². The number of carbonyl (C=O) groups excluding carboxylic acids is 2. The van der Waals surface area contributed by atoms with Gasteiger partial charge < -0.3 is 15.4 Å². The van der Waals surface area contributed by atoms with Crippen LogP contribution in [0.4, 0.5) is 0 Å². The third kappa shape index (κ3) is 5.70. The van der Waals surface area contributed by atoms with Crippen molar-refractivity contribution in [2.75, 3.05) is 13.1 Å². The molecule has 2 unspecified atom stereocenters. The first kappa shape index (κ1) is 19.7. The van der Waals surface area contributed by atoms with Crippen molar-refractivity contribution in [2.45, 2.75) is 95.6 Å². The van der Waals surface area contributed by atoms with Crippen LogP contribution in [-0.4, -0.2) is 37.1 Å². The number of rotatable bonds is 6. The van der Waals surface area contributed by atoms with E-state index in [-0.39, 0.29) is 17.8 Å². The molecule has 0 radical (unpaired) electrons. The van der Waals surface area contributed by atoms with Crippen LogP contribution in [-0.2, 0) is 14.3 Å². The van der Waals surface area contributed by atoms with Crippen LogP contribution >= 0.6 is 0 Å². The second-order valence-corrected chi connectivity index (χ2v) is 8.46. The molecule has 5 heteroatoms. The van der Waals surface area contributed by atoms with Crippen LogP contribution in [0.1, 0.15) is 83.5 Å². The first-order chi connectivity index (χ1) is 12.7. The monoisotopic (exact) mass is 364 g/mol. The zero-order valence-corrected chi connectivity index (χ0v) is 16.1. The van der Waals surface area contributed by atoms with Gasteiger partial charge in [0.1, 0.15) is 0 Å². The number of hydrogen-bond acceptors (Lipinski definition) is 4. The predicted molar refractivity (Wildman–Crippen MR) is 102 cm³/mol. The number of esters is 1. The molecular formula is C21H36N2O3. The Kier molecular flexibility index (Phi) is 7.78. The van der Waals surface area contributed by atoms with Crippen molar-refractivity contribution in [1.82, 2.24) is 10.6 Å². The van der Waals surface area contributed by atoms with Crippen molar-refractivity contribution in [3.8, 4) is 0 Å². The van der Waals surface area contributed by atoms with Crippen LogP contribution in [0.2, 0.25) is 0 Å². The van der Waals surface area contributed by atoms with E-state index in [4.69, 9.17) is 4.74 Å². The van der Waals surface area contributed by atoms with Crippen LogP contribution in [0.15, 0.2) is 0 Å². The van der Waals surface area contributed by atoms with Gasteiger partial charge in [-0.25, -0.2) is 0 Å². The van der Waals surface area contributed by atoms with Crippen LogP contribution in [0, 0.1) is 11.8 Å². The van der Waals surface area contributed by atoms with Crippen molar-refractivity contribution in [3.05, 3.63) is 0 Å². The minimum atomic E-state index is -0.592. The number of ether oxygens (including phenoxy) is 1. The topological polar surface area (TPSA) is 67.4 Å². The summed E-state index contributed by atoms with van der Waals surface area (Å²) in [5.41, 5.74) is 0. The fourth-order valence-corrected chi connectivity index (χ4v) is 4.83. The second-order valence-electron chi connectivity index (χ2n) is 8.46.